The molecule has 0 heterocycles. The fourth-order valence-corrected chi connectivity index (χ4v) is 1.49. The average molecular weight is 339 g/mol. The SMILES string of the molecule is CCNC(=S)NNC(=O)c1cccc(OC(F)(F)C(F)F)c1. The fourth-order valence-electron chi connectivity index (χ4n) is 1.29. The lowest BCUT2D eigenvalue weighted by molar-refractivity contribution is -0.253. The van der Waals surface area contributed by atoms with E-state index in [0.717, 1.165) is 12.1 Å². The van der Waals surface area contributed by atoms with Gasteiger partial charge in [0.05, 0.1) is 0 Å². The predicted octanol–water partition coefficient (Wildman–Crippen LogP) is 2.05. The second kappa shape index (κ2) is 7.78. The summed E-state index contributed by atoms with van der Waals surface area (Å²) in [6, 6.07) is 4.45. The van der Waals surface area contributed by atoms with E-state index in [2.05, 4.69) is 20.9 Å². The summed E-state index contributed by atoms with van der Waals surface area (Å²) in [5.74, 6) is -1.27. The molecule has 0 bridgehead atoms. The highest BCUT2D eigenvalue weighted by molar-refractivity contribution is 7.80. The minimum absolute atomic E-state index is 0.0747. The highest BCUT2D eigenvalue weighted by Gasteiger charge is 2.44. The zero-order chi connectivity index (χ0) is 16.8. The van der Waals surface area contributed by atoms with Crippen molar-refractivity contribution in [3.8, 4) is 5.75 Å². The quantitative estimate of drug-likeness (QED) is 0.435. The lowest BCUT2D eigenvalue weighted by Gasteiger charge is -2.17. The minimum Gasteiger partial charge on any atom is -0.428 e. The van der Waals surface area contributed by atoms with Crippen LogP contribution in [0.2, 0.25) is 0 Å². The number of carbonyl (C=O) groups excluding carboxylic acids is 1. The van der Waals surface area contributed by atoms with E-state index in [0.29, 0.717) is 6.54 Å². The first-order valence-electron chi connectivity index (χ1n) is 6.05. The molecule has 0 aromatic heterocycles. The molecule has 0 aliphatic heterocycles. The molecule has 0 fully saturated rings. The Morgan fingerprint density at radius 1 is 1.36 bits per heavy atom. The number of benzene rings is 1. The van der Waals surface area contributed by atoms with E-state index < -0.39 is 24.2 Å². The summed E-state index contributed by atoms with van der Waals surface area (Å²) in [4.78, 5) is 11.8. The van der Waals surface area contributed by atoms with Crippen LogP contribution in [0.3, 0.4) is 0 Å². The number of halogens is 4. The van der Waals surface area contributed by atoms with Crippen LogP contribution in [0.25, 0.3) is 0 Å². The highest BCUT2D eigenvalue weighted by atomic mass is 32.1. The maximum absolute atomic E-state index is 12.8. The Morgan fingerprint density at radius 2 is 2.05 bits per heavy atom. The van der Waals surface area contributed by atoms with Crippen molar-refractivity contribution >= 4 is 23.2 Å². The summed E-state index contributed by atoms with van der Waals surface area (Å²) in [5, 5.41) is 2.87. The molecule has 0 aliphatic carbocycles. The van der Waals surface area contributed by atoms with Crippen molar-refractivity contribution in [3.63, 3.8) is 0 Å². The van der Waals surface area contributed by atoms with E-state index >= 15 is 0 Å². The summed E-state index contributed by atoms with van der Waals surface area (Å²) in [7, 11) is 0. The van der Waals surface area contributed by atoms with E-state index in [1.807, 2.05) is 0 Å². The topological polar surface area (TPSA) is 62.4 Å². The lowest BCUT2D eigenvalue weighted by Crippen LogP contribution is -2.46. The third-order valence-electron chi connectivity index (χ3n) is 2.23. The van der Waals surface area contributed by atoms with Gasteiger partial charge in [0.2, 0.25) is 0 Å². The summed E-state index contributed by atoms with van der Waals surface area (Å²) in [5.41, 5.74) is 4.52. The first kappa shape index (κ1) is 18.0. The zero-order valence-electron chi connectivity index (χ0n) is 11.3. The van der Waals surface area contributed by atoms with Crippen molar-refractivity contribution in [1.82, 2.24) is 16.2 Å². The monoisotopic (exact) mass is 339 g/mol. The lowest BCUT2D eigenvalue weighted by atomic mass is 10.2. The molecule has 3 N–H and O–H groups in total. The van der Waals surface area contributed by atoms with Crippen LogP contribution < -0.4 is 20.9 Å². The van der Waals surface area contributed by atoms with Crippen LogP contribution >= 0.6 is 12.2 Å². The maximum Gasteiger partial charge on any atom is 0.461 e. The number of alkyl halides is 4. The first-order valence-corrected chi connectivity index (χ1v) is 6.46. The number of thiocarbonyl (C=S) groups is 1. The number of nitrogens with one attached hydrogen (secondary N) is 3. The van der Waals surface area contributed by atoms with Gasteiger partial charge in [-0.15, -0.1) is 0 Å². The van der Waals surface area contributed by atoms with E-state index in [-0.39, 0.29) is 10.7 Å². The van der Waals surface area contributed by atoms with Crippen LogP contribution in [0.1, 0.15) is 17.3 Å². The number of hydrogen-bond acceptors (Lipinski definition) is 3. The second-order valence-corrected chi connectivity index (χ2v) is 4.34. The van der Waals surface area contributed by atoms with Crippen molar-refractivity contribution in [2.24, 2.45) is 0 Å². The van der Waals surface area contributed by atoms with Gasteiger partial charge in [-0.3, -0.25) is 15.6 Å². The van der Waals surface area contributed by atoms with Crippen molar-refractivity contribution in [2.45, 2.75) is 19.5 Å². The van der Waals surface area contributed by atoms with E-state index in [4.69, 9.17) is 12.2 Å². The summed E-state index contributed by atoms with van der Waals surface area (Å²) < 4.78 is 53.6. The number of hydrogen-bond donors (Lipinski definition) is 3. The molecule has 0 saturated heterocycles. The molecule has 1 aromatic carbocycles. The molecule has 1 amide bonds. The van der Waals surface area contributed by atoms with Crippen LogP contribution in [0.15, 0.2) is 24.3 Å². The minimum atomic E-state index is -4.64. The predicted molar refractivity (Wildman–Crippen MR) is 74.9 cm³/mol. The maximum atomic E-state index is 12.8. The molecule has 10 heteroatoms. The first-order chi connectivity index (χ1) is 10.3. The van der Waals surface area contributed by atoms with Gasteiger partial charge < -0.3 is 10.1 Å². The fraction of sp³-hybridized carbons (Fsp3) is 0.333. The largest absolute Gasteiger partial charge is 0.461 e. The van der Waals surface area contributed by atoms with Crippen LogP contribution in [0.4, 0.5) is 17.6 Å². The van der Waals surface area contributed by atoms with E-state index in [9.17, 15) is 22.4 Å². The van der Waals surface area contributed by atoms with Crippen molar-refractivity contribution in [2.75, 3.05) is 6.54 Å². The van der Waals surface area contributed by atoms with E-state index in [1.165, 1.54) is 12.1 Å². The molecule has 0 atom stereocenters. The summed E-state index contributed by atoms with van der Waals surface area (Å²) in [6.45, 7) is 2.33. The van der Waals surface area contributed by atoms with E-state index in [1.54, 1.807) is 6.92 Å². The van der Waals surface area contributed by atoms with Gasteiger partial charge in [0.25, 0.3) is 5.91 Å². The molecule has 1 rings (SSSR count). The van der Waals surface area contributed by atoms with Gasteiger partial charge in [0.15, 0.2) is 5.11 Å². The normalized spacial score (nSPS) is 11.0. The average Bonchev–Trinajstić information content (AvgIpc) is 2.44. The van der Waals surface area contributed by atoms with Gasteiger partial charge in [-0.05, 0) is 37.3 Å². The number of amides is 1. The van der Waals surface area contributed by atoms with Gasteiger partial charge >= 0.3 is 12.5 Å². The smallest absolute Gasteiger partial charge is 0.428 e. The molecule has 1 aromatic rings. The summed E-state index contributed by atoms with van der Waals surface area (Å²) >= 11 is 4.80. The molecule has 0 radical (unpaired) electrons. The number of rotatable bonds is 5. The van der Waals surface area contributed by atoms with Gasteiger partial charge in [-0.2, -0.15) is 17.6 Å². The molecule has 0 unspecified atom stereocenters. The van der Waals surface area contributed by atoms with Crippen LogP contribution in [0.5, 0.6) is 5.75 Å². The van der Waals surface area contributed by atoms with Gasteiger partial charge in [0.1, 0.15) is 5.75 Å². The molecule has 5 nitrogen and oxygen atoms in total. The second-order valence-electron chi connectivity index (χ2n) is 3.93. The van der Waals surface area contributed by atoms with Gasteiger partial charge in [0, 0.05) is 12.1 Å². The number of hydrazine groups is 1. The summed E-state index contributed by atoms with van der Waals surface area (Å²) in [6.07, 6.45) is -8.62. The zero-order valence-corrected chi connectivity index (χ0v) is 12.1. The molecule has 0 saturated carbocycles. The molecule has 122 valence electrons. The Bertz CT molecular complexity index is 543. The Balaban J connectivity index is 2.71. The van der Waals surface area contributed by atoms with Gasteiger partial charge in [-0.25, -0.2) is 0 Å². The molecular weight excluding hydrogens is 326 g/mol. The Labute approximate surface area is 129 Å². The molecule has 0 aliphatic rings. The standard InChI is InChI=1S/C12H13F4N3O2S/c1-2-17-11(22)19-18-9(20)7-4-3-5-8(6-7)21-12(15,16)10(13)14/h3-6,10H,2H2,1H3,(H,18,20)(H2,17,19,22). The molecule has 22 heavy (non-hydrogen) atoms. The Kier molecular flexibility index (Phi) is 6.35. The third kappa shape index (κ3) is 5.35. The number of ether oxygens (including phenoxy) is 1. The third-order valence-corrected chi connectivity index (χ3v) is 2.48. The van der Waals surface area contributed by atoms with Crippen LogP contribution in [-0.4, -0.2) is 30.1 Å². The Morgan fingerprint density at radius 3 is 2.64 bits per heavy atom. The van der Waals surface area contributed by atoms with Gasteiger partial charge in [-0.1, -0.05) is 6.07 Å². The van der Waals surface area contributed by atoms with Crippen molar-refractivity contribution in [3.05, 3.63) is 29.8 Å². The molecular formula is C12H13F4N3O2S. The van der Waals surface area contributed by atoms with Crippen LogP contribution in [0, 0.1) is 0 Å². The van der Waals surface area contributed by atoms with Crippen molar-refractivity contribution in [1.29, 1.82) is 0 Å². The number of carbonyl (C=O) groups is 1. The van der Waals surface area contributed by atoms with Crippen LogP contribution in [-0.2, 0) is 0 Å². The Hall–Kier alpha value is -2.10. The molecule has 0 spiro atoms. The highest BCUT2D eigenvalue weighted by Crippen LogP contribution is 2.27. The van der Waals surface area contributed by atoms with Crippen molar-refractivity contribution < 1.29 is 27.1 Å².